The lowest BCUT2D eigenvalue weighted by atomic mass is 10.2. The molecule has 25 heavy (non-hydrogen) atoms. The first kappa shape index (κ1) is 16.4. The van der Waals surface area contributed by atoms with E-state index >= 15 is 0 Å². The highest BCUT2D eigenvalue weighted by molar-refractivity contribution is 5.75. The van der Waals surface area contributed by atoms with Crippen LogP contribution in [0.15, 0.2) is 66.7 Å². The number of hydrogen-bond acceptors (Lipinski definition) is 4. The van der Waals surface area contributed by atoms with Crippen molar-refractivity contribution in [3.8, 4) is 23.0 Å². The van der Waals surface area contributed by atoms with E-state index in [9.17, 15) is 14.0 Å². The van der Waals surface area contributed by atoms with Crippen LogP contribution >= 0.6 is 0 Å². The second kappa shape index (κ2) is 7.40. The van der Waals surface area contributed by atoms with E-state index < -0.39 is 5.82 Å². The van der Waals surface area contributed by atoms with Gasteiger partial charge in [-0.05, 0) is 48.5 Å². The maximum Gasteiger partial charge on any atom is 0.150 e. The zero-order valence-corrected chi connectivity index (χ0v) is 13.0. The summed E-state index contributed by atoms with van der Waals surface area (Å²) < 4.78 is 25.0. The largest absolute Gasteiger partial charge is 0.457 e. The molecule has 3 aromatic rings. The number of carbonyl (C=O) groups excluding carboxylic acids is 2. The molecule has 3 aromatic carbocycles. The van der Waals surface area contributed by atoms with Crippen molar-refractivity contribution in [3.05, 3.63) is 83.7 Å². The summed E-state index contributed by atoms with van der Waals surface area (Å²) in [5.41, 5.74) is 1.05. The van der Waals surface area contributed by atoms with Gasteiger partial charge >= 0.3 is 0 Å². The highest BCUT2D eigenvalue weighted by atomic mass is 19.1. The van der Waals surface area contributed by atoms with E-state index in [0.29, 0.717) is 22.6 Å². The van der Waals surface area contributed by atoms with Gasteiger partial charge in [-0.1, -0.05) is 0 Å². The zero-order chi connectivity index (χ0) is 17.6. The van der Waals surface area contributed by atoms with Crippen LogP contribution in [-0.4, -0.2) is 12.6 Å². The number of carbonyl (C=O) groups is 2. The number of halogens is 1. The average molecular weight is 336 g/mol. The summed E-state index contributed by atoms with van der Waals surface area (Å²) in [6, 6.07) is 16.9. The van der Waals surface area contributed by atoms with Crippen LogP contribution in [0.1, 0.15) is 20.7 Å². The van der Waals surface area contributed by atoms with Crippen LogP contribution in [-0.2, 0) is 0 Å². The molecule has 0 unspecified atom stereocenters. The van der Waals surface area contributed by atoms with Gasteiger partial charge in [-0.15, -0.1) is 0 Å². The van der Waals surface area contributed by atoms with Gasteiger partial charge in [-0.25, -0.2) is 4.39 Å². The molecular formula is C20H13FO4. The first-order valence-electron chi connectivity index (χ1n) is 7.43. The van der Waals surface area contributed by atoms with E-state index in [2.05, 4.69) is 0 Å². The Kier molecular flexibility index (Phi) is 4.85. The topological polar surface area (TPSA) is 52.6 Å². The maximum atomic E-state index is 13.8. The highest BCUT2D eigenvalue weighted by Crippen LogP contribution is 2.30. The van der Waals surface area contributed by atoms with E-state index in [1.807, 2.05) is 0 Å². The van der Waals surface area contributed by atoms with Crippen LogP contribution in [0.5, 0.6) is 23.0 Å². The highest BCUT2D eigenvalue weighted by Gasteiger charge is 2.06. The third kappa shape index (κ3) is 4.29. The van der Waals surface area contributed by atoms with Crippen molar-refractivity contribution >= 4 is 12.6 Å². The Balaban J connectivity index is 1.78. The monoisotopic (exact) mass is 336 g/mol. The molecular weight excluding hydrogens is 323 g/mol. The second-order valence-electron chi connectivity index (χ2n) is 5.20. The molecule has 0 heterocycles. The Morgan fingerprint density at radius 1 is 0.600 bits per heavy atom. The lowest BCUT2D eigenvalue weighted by Crippen LogP contribution is -1.90. The van der Waals surface area contributed by atoms with Gasteiger partial charge in [0.2, 0.25) is 0 Å². The fourth-order valence-corrected chi connectivity index (χ4v) is 2.16. The molecule has 5 heteroatoms. The number of rotatable bonds is 6. The minimum atomic E-state index is -0.512. The summed E-state index contributed by atoms with van der Waals surface area (Å²) in [7, 11) is 0. The molecule has 4 nitrogen and oxygen atoms in total. The zero-order valence-electron chi connectivity index (χ0n) is 13.0. The molecule has 0 spiro atoms. The summed E-state index contributed by atoms with van der Waals surface area (Å²) in [5, 5.41) is 0. The predicted molar refractivity (Wildman–Crippen MR) is 90.2 cm³/mol. The molecule has 0 aromatic heterocycles. The third-order valence-corrected chi connectivity index (χ3v) is 3.35. The molecule has 0 aliphatic heterocycles. The fraction of sp³-hybridized carbons (Fsp3) is 0. The van der Waals surface area contributed by atoms with E-state index in [0.717, 1.165) is 12.6 Å². The quantitative estimate of drug-likeness (QED) is 0.592. The van der Waals surface area contributed by atoms with Crippen molar-refractivity contribution in [1.29, 1.82) is 0 Å². The number of ether oxygens (including phenoxy) is 2. The van der Waals surface area contributed by atoms with E-state index in [1.165, 1.54) is 12.1 Å². The fourth-order valence-electron chi connectivity index (χ4n) is 2.16. The molecule has 0 fully saturated rings. The molecule has 0 atom stereocenters. The molecule has 0 saturated heterocycles. The molecule has 0 amide bonds. The minimum Gasteiger partial charge on any atom is -0.457 e. The molecule has 3 rings (SSSR count). The third-order valence-electron chi connectivity index (χ3n) is 3.35. The summed E-state index contributed by atoms with van der Waals surface area (Å²) in [4.78, 5) is 21.3. The summed E-state index contributed by atoms with van der Waals surface area (Å²) in [6.45, 7) is 0. The summed E-state index contributed by atoms with van der Waals surface area (Å²) >= 11 is 0. The summed E-state index contributed by atoms with van der Waals surface area (Å²) in [6.07, 6.45) is 1.46. The van der Waals surface area contributed by atoms with Crippen molar-refractivity contribution < 1.29 is 23.5 Å². The van der Waals surface area contributed by atoms with Gasteiger partial charge in [0.05, 0.1) is 0 Å². The number of aldehydes is 2. The van der Waals surface area contributed by atoms with E-state index in [4.69, 9.17) is 9.47 Å². The van der Waals surface area contributed by atoms with Crippen molar-refractivity contribution in [1.82, 2.24) is 0 Å². The SMILES string of the molecule is O=Cc1ccc(Oc2cc(F)cc(Oc3ccc(C=O)cc3)c2)cc1. The number of hydrogen-bond donors (Lipinski definition) is 0. The molecule has 0 bridgehead atoms. The summed E-state index contributed by atoms with van der Waals surface area (Å²) in [5.74, 6) is 0.952. The van der Waals surface area contributed by atoms with Crippen LogP contribution in [0.3, 0.4) is 0 Å². The Bertz CT molecular complexity index is 815. The van der Waals surface area contributed by atoms with Crippen LogP contribution < -0.4 is 9.47 Å². The van der Waals surface area contributed by atoms with Crippen LogP contribution in [0, 0.1) is 5.82 Å². The number of benzene rings is 3. The van der Waals surface area contributed by atoms with Gasteiger partial charge in [0, 0.05) is 29.3 Å². The van der Waals surface area contributed by atoms with Gasteiger partial charge in [0.15, 0.2) is 0 Å². The minimum absolute atomic E-state index is 0.262. The van der Waals surface area contributed by atoms with E-state index in [-0.39, 0.29) is 11.5 Å². The normalized spacial score (nSPS) is 10.1. The van der Waals surface area contributed by atoms with Gasteiger partial charge < -0.3 is 9.47 Å². The van der Waals surface area contributed by atoms with Gasteiger partial charge in [-0.2, -0.15) is 0 Å². The first-order valence-corrected chi connectivity index (χ1v) is 7.43. The van der Waals surface area contributed by atoms with Crippen molar-refractivity contribution in [2.75, 3.05) is 0 Å². The molecule has 124 valence electrons. The molecule has 0 aliphatic carbocycles. The van der Waals surface area contributed by atoms with Crippen LogP contribution in [0.4, 0.5) is 4.39 Å². The standard InChI is InChI=1S/C20H13FO4/c21-16-9-19(24-17-5-1-14(12-22)2-6-17)11-20(10-16)25-18-7-3-15(13-23)4-8-18/h1-13H. The smallest absolute Gasteiger partial charge is 0.150 e. The van der Waals surface area contributed by atoms with Crippen LogP contribution in [0.25, 0.3) is 0 Å². The van der Waals surface area contributed by atoms with Gasteiger partial charge in [0.25, 0.3) is 0 Å². The van der Waals surface area contributed by atoms with Gasteiger partial charge in [0.1, 0.15) is 41.4 Å². The second-order valence-corrected chi connectivity index (χ2v) is 5.20. The lowest BCUT2D eigenvalue weighted by Gasteiger charge is -2.10. The first-order chi connectivity index (χ1) is 12.2. The molecule has 0 radical (unpaired) electrons. The Hall–Kier alpha value is -3.47. The Morgan fingerprint density at radius 2 is 1.00 bits per heavy atom. The average Bonchev–Trinajstić information content (AvgIpc) is 2.62. The molecule has 0 aliphatic rings. The van der Waals surface area contributed by atoms with Crippen molar-refractivity contribution in [2.45, 2.75) is 0 Å². The van der Waals surface area contributed by atoms with Gasteiger partial charge in [-0.3, -0.25) is 9.59 Å². The van der Waals surface area contributed by atoms with E-state index in [1.54, 1.807) is 54.6 Å². The Morgan fingerprint density at radius 3 is 1.36 bits per heavy atom. The van der Waals surface area contributed by atoms with Crippen molar-refractivity contribution in [2.24, 2.45) is 0 Å². The predicted octanol–water partition coefficient (Wildman–Crippen LogP) is 5.04. The molecule has 0 saturated carbocycles. The Labute approximate surface area is 143 Å². The molecule has 0 N–H and O–H groups in total. The van der Waals surface area contributed by atoms with Crippen molar-refractivity contribution in [3.63, 3.8) is 0 Å². The maximum absolute atomic E-state index is 13.8. The van der Waals surface area contributed by atoms with Crippen LogP contribution in [0.2, 0.25) is 0 Å². The lowest BCUT2D eigenvalue weighted by molar-refractivity contribution is 0.111.